The van der Waals surface area contributed by atoms with Gasteiger partial charge in [-0.2, -0.15) is 0 Å². The number of rotatable bonds is 4. The number of nitrogens with zero attached hydrogens (tertiary/aromatic N) is 4. The van der Waals surface area contributed by atoms with Crippen molar-refractivity contribution in [1.82, 2.24) is 19.4 Å². The van der Waals surface area contributed by atoms with E-state index in [-0.39, 0.29) is 0 Å². The second kappa shape index (κ2) is 7.00. The van der Waals surface area contributed by atoms with Gasteiger partial charge in [-0.3, -0.25) is 4.90 Å². The molecule has 136 valence electrons. The number of benzene rings is 1. The molecular formula is C20H23BrN4O. The summed E-state index contributed by atoms with van der Waals surface area (Å²) in [6.45, 7) is 7.07. The highest BCUT2D eigenvalue weighted by Crippen LogP contribution is 2.25. The summed E-state index contributed by atoms with van der Waals surface area (Å²) in [7, 11) is 2.14. The number of oxazole rings is 1. The molecule has 1 aliphatic heterocycles. The molecule has 1 aromatic carbocycles. The third-order valence-electron chi connectivity index (χ3n) is 4.91. The van der Waals surface area contributed by atoms with E-state index in [1.165, 1.54) is 17.2 Å². The van der Waals surface area contributed by atoms with Gasteiger partial charge in [-0.15, -0.1) is 0 Å². The molecular weight excluding hydrogens is 392 g/mol. The minimum atomic E-state index is 0.447. The molecule has 1 aliphatic rings. The van der Waals surface area contributed by atoms with Gasteiger partial charge in [0.15, 0.2) is 0 Å². The van der Waals surface area contributed by atoms with Gasteiger partial charge in [0.1, 0.15) is 12.1 Å². The van der Waals surface area contributed by atoms with E-state index >= 15 is 0 Å². The van der Waals surface area contributed by atoms with Crippen molar-refractivity contribution in [3.8, 4) is 11.5 Å². The number of hydrogen-bond donors (Lipinski definition) is 0. The van der Waals surface area contributed by atoms with Gasteiger partial charge in [0, 0.05) is 54.8 Å². The van der Waals surface area contributed by atoms with E-state index in [9.17, 15) is 0 Å². The molecule has 2 aromatic heterocycles. The third-order valence-corrected chi connectivity index (χ3v) is 5.44. The molecule has 3 aromatic rings. The van der Waals surface area contributed by atoms with Crippen molar-refractivity contribution in [1.29, 1.82) is 0 Å². The van der Waals surface area contributed by atoms with Crippen molar-refractivity contribution >= 4 is 15.9 Å². The predicted molar refractivity (Wildman–Crippen MR) is 105 cm³/mol. The first-order valence-electron chi connectivity index (χ1n) is 8.98. The maximum Gasteiger partial charge on any atom is 0.226 e. The number of halogens is 1. The smallest absolute Gasteiger partial charge is 0.226 e. The van der Waals surface area contributed by atoms with Crippen LogP contribution in [0.3, 0.4) is 0 Å². The Labute approximate surface area is 162 Å². The first-order valence-corrected chi connectivity index (χ1v) is 9.77. The van der Waals surface area contributed by atoms with E-state index in [0.717, 1.165) is 41.8 Å². The number of hydrogen-bond acceptors (Lipinski definition) is 4. The van der Waals surface area contributed by atoms with Crippen LogP contribution in [0.1, 0.15) is 42.7 Å². The lowest BCUT2D eigenvalue weighted by Gasteiger charge is -2.25. The fourth-order valence-corrected chi connectivity index (χ4v) is 3.85. The molecule has 26 heavy (non-hydrogen) atoms. The van der Waals surface area contributed by atoms with E-state index in [2.05, 4.69) is 51.3 Å². The molecule has 0 spiro atoms. The highest BCUT2D eigenvalue weighted by atomic mass is 79.9. The van der Waals surface area contributed by atoms with E-state index in [4.69, 9.17) is 9.40 Å². The third kappa shape index (κ3) is 3.35. The molecule has 0 amide bonds. The summed E-state index contributed by atoms with van der Waals surface area (Å²) in [4.78, 5) is 11.9. The number of aromatic nitrogens is 3. The van der Waals surface area contributed by atoms with Crippen molar-refractivity contribution in [3.05, 3.63) is 57.9 Å². The van der Waals surface area contributed by atoms with Crippen molar-refractivity contribution in [2.45, 2.75) is 39.3 Å². The zero-order chi connectivity index (χ0) is 18.3. The second-order valence-electron chi connectivity index (χ2n) is 7.19. The van der Waals surface area contributed by atoms with Crippen LogP contribution in [0.2, 0.25) is 0 Å². The standard InChI is InChI=1S/C20H23BrN4O/c1-13(2)19-23-17-11-25(9-8-18(17)24(19)3)10-16-12-26-20(22-16)14-4-6-15(21)7-5-14/h4-7,12-13H,8-11H2,1-3H3. The monoisotopic (exact) mass is 414 g/mol. The minimum Gasteiger partial charge on any atom is -0.444 e. The Morgan fingerprint density at radius 1 is 1.19 bits per heavy atom. The summed E-state index contributed by atoms with van der Waals surface area (Å²) >= 11 is 3.45. The molecule has 0 saturated carbocycles. The molecule has 6 heteroatoms. The average molecular weight is 415 g/mol. The Hall–Kier alpha value is -1.92. The molecule has 0 fully saturated rings. The molecule has 5 nitrogen and oxygen atoms in total. The lowest BCUT2D eigenvalue weighted by molar-refractivity contribution is 0.237. The van der Waals surface area contributed by atoms with Gasteiger partial charge in [-0.25, -0.2) is 9.97 Å². The van der Waals surface area contributed by atoms with E-state index in [1.807, 2.05) is 24.3 Å². The van der Waals surface area contributed by atoms with Gasteiger partial charge in [0.2, 0.25) is 5.89 Å². The Bertz CT molecular complexity index is 911. The van der Waals surface area contributed by atoms with Gasteiger partial charge >= 0.3 is 0 Å². The van der Waals surface area contributed by atoms with Gasteiger partial charge < -0.3 is 8.98 Å². The normalized spacial score (nSPS) is 14.8. The lowest BCUT2D eigenvalue weighted by atomic mass is 10.1. The second-order valence-corrected chi connectivity index (χ2v) is 8.10. The highest BCUT2D eigenvalue weighted by Gasteiger charge is 2.24. The van der Waals surface area contributed by atoms with Gasteiger partial charge in [0.05, 0.1) is 11.4 Å². The maximum absolute atomic E-state index is 5.68. The van der Waals surface area contributed by atoms with Crippen molar-refractivity contribution < 1.29 is 4.42 Å². The topological polar surface area (TPSA) is 47.1 Å². The minimum absolute atomic E-state index is 0.447. The Kier molecular flexibility index (Phi) is 4.71. The fraction of sp³-hybridized carbons (Fsp3) is 0.400. The molecule has 0 unspecified atom stereocenters. The molecule has 0 bridgehead atoms. The van der Waals surface area contributed by atoms with Crippen LogP contribution in [0.25, 0.3) is 11.5 Å². The molecule has 0 N–H and O–H groups in total. The summed E-state index contributed by atoms with van der Waals surface area (Å²) in [6.07, 6.45) is 2.80. The summed E-state index contributed by atoms with van der Waals surface area (Å²) in [5, 5.41) is 0. The Morgan fingerprint density at radius 2 is 1.96 bits per heavy atom. The Morgan fingerprint density at radius 3 is 2.69 bits per heavy atom. The van der Waals surface area contributed by atoms with Gasteiger partial charge in [-0.1, -0.05) is 29.8 Å². The average Bonchev–Trinajstić information content (AvgIpc) is 3.20. The van der Waals surface area contributed by atoms with E-state index in [1.54, 1.807) is 6.26 Å². The zero-order valence-electron chi connectivity index (χ0n) is 15.4. The number of fused-ring (bicyclic) bond motifs is 1. The van der Waals surface area contributed by atoms with Gasteiger partial charge in [-0.05, 0) is 24.3 Å². The van der Waals surface area contributed by atoms with Crippen LogP contribution in [0, 0.1) is 0 Å². The van der Waals surface area contributed by atoms with Crippen molar-refractivity contribution in [2.75, 3.05) is 6.54 Å². The predicted octanol–water partition coefficient (Wildman–Crippen LogP) is 4.52. The number of imidazole rings is 1. The van der Waals surface area contributed by atoms with Crippen LogP contribution >= 0.6 is 15.9 Å². The SMILES string of the molecule is CC(C)c1nc2c(n1C)CCN(Cc1coc(-c3ccc(Br)cc3)n1)C2. The quantitative estimate of drug-likeness (QED) is 0.629. The van der Waals surface area contributed by atoms with Crippen LogP contribution in [0.5, 0.6) is 0 Å². The highest BCUT2D eigenvalue weighted by molar-refractivity contribution is 9.10. The van der Waals surface area contributed by atoms with E-state index < -0.39 is 0 Å². The maximum atomic E-state index is 5.68. The summed E-state index contributed by atoms with van der Waals surface area (Å²) in [5.74, 6) is 2.30. The van der Waals surface area contributed by atoms with Crippen LogP contribution in [0.4, 0.5) is 0 Å². The van der Waals surface area contributed by atoms with Crippen molar-refractivity contribution in [2.24, 2.45) is 7.05 Å². The lowest BCUT2D eigenvalue weighted by Crippen LogP contribution is -2.30. The summed E-state index contributed by atoms with van der Waals surface area (Å²) in [6, 6.07) is 8.01. The first-order chi connectivity index (χ1) is 12.5. The zero-order valence-corrected chi connectivity index (χ0v) is 17.0. The summed E-state index contributed by atoms with van der Waals surface area (Å²) in [5.41, 5.74) is 4.54. The Balaban J connectivity index is 1.47. The molecule has 3 heterocycles. The first kappa shape index (κ1) is 17.5. The molecule has 4 rings (SSSR count). The van der Waals surface area contributed by atoms with Crippen LogP contribution in [0.15, 0.2) is 39.4 Å². The van der Waals surface area contributed by atoms with Crippen LogP contribution < -0.4 is 0 Å². The van der Waals surface area contributed by atoms with Gasteiger partial charge in [0.25, 0.3) is 0 Å². The summed E-state index contributed by atoms with van der Waals surface area (Å²) < 4.78 is 9.01. The van der Waals surface area contributed by atoms with Crippen molar-refractivity contribution in [3.63, 3.8) is 0 Å². The fourth-order valence-electron chi connectivity index (χ4n) is 3.59. The molecule has 0 radical (unpaired) electrons. The van der Waals surface area contributed by atoms with Crippen LogP contribution in [-0.2, 0) is 26.6 Å². The van der Waals surface area contributed by atoms with E-state index in [0.29, 0.717) is 11.8 Å². The molecule has 0 aliphatic carbocycles. The molecule has 0 saturated heterocycles. The van der Waals surface area contributed by atoms with Crippen LogP contribution in [-0.4, -0.2) is 26.0 Å². The largest absolute Gasteiger partial charge is 0.444 e. The molecule has 0 atom stereocenters.